The van der Waals surface area contributed by atoms with Crippen molar-refractivity contribution in [2.45, 2.75) is 18.4 Å². The molecule has 0 heterocycles. The molecule has 0 aliphatic carbocycles. The Labute approximate surface area is 193 Å². The third kappa shape index (κ3) is 6.56. The molecule has 1 N–H and O–H groups in total. The Morgan fingerprint density at radius 1 is 1.00 bits per heavy atom. The summed E-state index contributed by atoms with van der Waals surface area (Å²) in [6.07, 6.45) is 0. The van der Waals surface area contributed by atoms with E-state index in [1.165, 1.54) is 24.3 Å². The number of halogens is 1. The van der Waals surface area contributed by atoms with Crippen molar-refractivity contribution in [2.24, 2.45) is 0 Å². The molecule has 6 nitrogen and oxygen atoms in total. The van der Waals surface area contributed by atoms with E-state index in [0.717, 1.165) is 15.4 Å². The number of carbonyl (C=O) groups excluding carboxylic acids is 1. The third-order valence-corrected chi connectivity index (χ3v) is 6.70. The molecule has 8 heteroatoms. The summed E-state index contributed by atoms with van der Waals surface area (Å²) >= 11 is 5.90. The lowest BCUT2D eigenvalue weighted by Crippen LogP contribution is -2.41. The summed E-state index contributed by atoms with van der Waals surface area (Å²) in [6.45, 7) is 2.54. The molecular weight excluding hydrogens is 448 g/mol. The van der Waals surface area contributed by atoms with E-state index < -0.39 is 15.9 Å². The minimum Gasteiger partial charge on any atom is -0.375 e. The summed E-state index contributed by atoms with van der Waals surface area (Å²) in [6, 6.07) is 22.6. The van der Waals surface area contributed by atoms with Crippen LogP contribution in [-0.2, 0) is 26.2 Å². The van der Waals surface area contributed by atoms with Gasteiger partial charge in [-0.3, -0.25) is 9.10 Å². The van der Waals surface area contributed by atoms with Gasteiger partial charge < -0.3 is 10.1 Å². The lowest BCUT2D eigenvalue weighted by atomic mass is 10.2. The number of ether oxygens (including phenoxy) is 1. The van der Waals surface area contributed by atoms with Gasteiger partial charge in [0.15, 0.2) is 0 Å². The molecule has 0 radical (unpaired) electrons. The summed E-state index contributed by atoms with van der Waals surface area (Å²) in [5, 5.41) is 3.16. The van der Waals surface area contributed by atoms with Crippen LogP contribution in [0.4, 0.5) is 5.69 Å². The Morgan fingerprint density at radius 2 is 1.72 bits per heavy atom. The first-order valence-electron chi connectivity index (χ1n) is 10.1. The topological polar surface area (TPSA) is 75.7 Å². The van der Waals surface area contributed by atoms with Crippen molar-refractivity contribution < 1.29 is 17.9 Å². The van der Waals surface area contributed by atoms with Gasteiger partial charge in [0, 0.05) is 11.6 Å². The van der Waals surface area contributed by atoms with Gasteiger partial charge in [-0.05, 0) is 54.4 Å². The van der Waals surface area contributed by atoms with Crippen LogP contribution in [0.2, 0.25) is 5.02 Å². The van der Waals surface area contributed by atoms with Crippen molar-refractivity contribution in [1.82, 2.24) is 5.32 Å². The van der Waals surface area contributed by atoms with Gasteiger partial charge in [0.25, 0.3) is 10.0 Å². The fourth-order valence-electron chi connectivity index (χ4n) is 3.05. The number of amides is 1. The quantitative estimate of drug-likeness (QED) is 0.449. The standard InChI is InChI=1S/C24H25ClN2O4S/c1-19-6-5-9-22(16-19)27(32(29,30)23-12-10-21(25)11-13-23)17-24(28)26-14-15-31-18-20-7-3-2-4-8-20/h2-13,16H,14-15,17-18H2,1H3,(H,26,28). The highest BCUT2D eigenvalue weighted by molar-refractivity contribution is 7.92. The highest BCUT2D eigenvalue weighted by Crippen LogP contribution is 2.25. The van der Waals surface area contributed by atoms with E-state index >= 15 is 0 Å². The molecule has 0 unspecified atom stereocenters. The highest BCUT2D eigenvalue weighted by atomic mass is 35.5. The van der Waals surface area contributed by atoms with E-state index in [-0.39, 0.29) is 18.0 Å². The first-order valence-corrected chi connectivity index (χ1v) is 11.9. The van der Waals surface area contributed by atoms with E-state index in [1.807, 2.05) is 43.3 Å². The zero-order valence-electron chi connectivity index (χ0n) is 17.7. The molecule has 1 amide bonds. The number of anilines is 1. The number of aryl methyl sites for hydroxylation is 1. The summed E-state index contributed by atoms with van der Waals surface area (Å²) < 4.78 is 33.3. The van der Waals surface area contributed by atoms with Crippen LogP contribution in [0.15, 0.2) is 83.8 Å². The summed E-state index contributed by atoms with van der Waals surface area (Å²) in [7, 11) is -3.97. The Hall–Kier alpha value is -2.87. The van der Waals surface area contributed by atoms with Gasteiger partial charge in [-0.15, -0.1) is 0 Å². The lowest BCUT2D eigenvalue weighted by molar-refractivity contribution is -0.119. The predicted octanol–water partition coefficient (Wildman–Crippen LogP) is 4.18. The van der Waals surface area contributed by atoms with Gasteiger partial charge in [0.05, 0.1) is 23.8 Å². The molecule has 0 saturated carbocycles. The largest absolute Gasteiger partial charge is 0.375 e. The average molecular weight is 473 g/mol. The SMILES string of the molecule is Cc1cccc(N(CC(=O)NCCOCc2ccccc2)S(=O)(=O)c2ccc(Cl)cc2)c1. The number of nitrogens with zero attached hydrogens (tertiary/aromatic N) is 1. The van der Waals surface area contributed by atoms with Gasteiger partial charge in [-0.1, -0.05) is 54.1 Å². The minimum atomic E-state index is -3.97. The van der Waals surface area contributed by atoms with E-state index in [2.05, 4.69) is 5.32 Å². The number of hydrogen-bond acceptors (Lipinski definition) is 4. The van der Waals surface area contributed by atoms with Crippen molar-refractivity contribution in [3.05, 3.63) is 95.0 Å². The van der Waals surface area contributed by atoms with Gasteiger partial charge in [-0.2, -0.15) is 0 Å². The van der Waals surface area contributed by atoms with Crippen molar-refractivity contribution in [3.63, 3.8) is 0 Å². The molecule has 0 aliphatic rings. The normalized spacial score (nSPS) is 11.2. The molecule has 0 saturated heterocycles. The number of hydrogen-bond donors (Lipinski definition) is 1. The van der Waals surface area contributed by atoms with E-state index in [4.69, 9.17) is 16.3 Å². The third-order valence-electron chi connectivity index (χ3n) is 4.66. The van der Waals surface area contributed by atoms with Crippen LogP contribution in [0, 0.1) is 6.92 Å². The molecule has 3 rings (SSSR count). The predicted molar refractivity (Wildman–Crippen MR) is 126 cm³/mol. The molecule has 0 bridgehead atoms. The second-order valence-corrected chi connectivity index (χ2v) is 9.49. The van der Waals surface area contributed by atoms with Crippen LogP contribution >= 0.6 is 11.6 Å². The molecule has 0 aromatic heterocycles. The van der Waals surface area contributed by atoms with Crippen LogP contribution in [0.3, 0.4) is 0 Å². The summed E-state index contributed by atoms with van der Waals surface area (Å²) in [4.78, 5) is 12.6. The zero-order chi connectivity index (χ0) is 23.0. The number of sulfonamides is 1. The molecule has 0 aliphatic heterocycles. The van der Waals surface area contributed by atoms with Crippen LogP contribution in [0.5, 0.6) is 0 Å². The number of nitrogens with one attached hydrogen (secondary N) is 1. The number of rotatable bonds is 10. The zero-order valence-corrected chi connectivity index (χ0v) is 19.3. The van der Waals surface area contributed by atoms with E-state index in [1.54, 1.807) is 18.2 Å². The maximum absolute atomic E-state index is 13.3. The Bertz CT molecular complexity index is 1140. The van der Waals surface area contributed by atoms with Crippen molar-refractivity contribution in [2.75, 3.05) is 24.0 Å². The monoisotopic (exact) mass is 472 g/mol. The Balaban J connectivity index is 1.66. The average Bonchev–Trinajstić information content (AvgIpc) is 2.78. The van der Waals surface area contributed by atoms with E-state index in [9.17, 15) is 13.2 Å². The van der Waals surface area contributed by atoms with Crippen molar-refractivity contribution in [3.8, 4) is 0 Å². The van der Waals surface area contributed by atoms with Crippen LogP contribution in [0.25, 0.3) is 0 Å². The van der Waals surface area contributed by atoms with Crippen molar-refractivity contribution >= 4 is 33.2 Å². The Kier molecular flexibility index (Phi) is 8.27. The highest BCUT2D eigenvalue weighted by Gasteiger charge is 2.27. The van der Waals surface area contributed by atoms with Gasteiger partial charge in [0.1, 0.15) is 6.54 Å². The number of benzene rings is 3. The second-order valence-electron chi connectivity index (χ2n) is 7.19. The summed E-state index contributed by atoms with van der Waals surface area (Å²) in [5.41, 5.74) is 2.34. The molecule has 0 fully saturated rings. The van der Waals surface area contributed by atoms with Crippen LogP contribution in [0.1, 0.15) is 11.1 Å². The number of carbonyl (C=O) groups is 1. The first-order chi connectivity index (χ1) is 15.4. The molecule has 168 valence electrons. The fourth-order valence-corrected chi connectivity index (χ4v) is 4.58. The van der Waals surface area contributed by atoms with Crippen LogP contribution in [-0.4, -0.2) is 34.0 Å². The first kappa shape index (κ1) is 23.8. The fraction of sp³-hybridized carbons (Fsp3) is 0.208. The molecule has 32 heavy (non-hydrogen) atoms. The molecule has 0 atom stereocenters. The smallest absolute Gasteiger partial charge is 0.264 e. The molecule has 3 aromatic carbocycles. The molecule has 0 spiro atoms. The maximum atomic E-state index is 13.3. The molecule has 3 aromatic rings. The van der Waals surface area contributed by atoms with Crippen molar-refractivity contribution in [1.29, 1.82) is 0 Å². The lowest BCUT2D eigenvalue weighted by Gasteiger charge is -2.24. The van der Waals surface area contributed by atoms with E-state index in [0.29, 0.717) is 23.9 Å². The van der Waals surface area contributed by atoms with Gasteiger partial charge in [0.2, 0.25) is 5.91 Å². The van der Waals surface area contributed by atoms with Gasteiger partial charge in [-0.25, -0.2) is 8.42 Å². The molecular formula is C24H25ClN2O4S. The maximum Gasteiger partial charge on any atom is 0.264 e. The Morgan fingerprint density at radius 3 is 2.41 bits per heavy atom. The van der Waals surface area contributed by atoms with Crippen LogP contribution < -0.4 is 9.62 Å². The minimum absolute atomic E-state index is 0.0578. The van der Waals surface area contributed by atoms with Gasteiger partial charge >= 0.3 is 0 Å². The second kappa shape index (κ2) is 11.1. The summed E-state index contributed by atoms with van der Waals surface area (Å²) in [5.74, 6) is -0.424.